The number of ether oxygens (including phenoxy) is 1. The van der Waals surface area contributed by atoms with Crippen LogP contribution in [0.3, 0.4) is 0 Å². The van der Waals surface area contributed by atoms with Crippen molar-refractivity contribution < 1.29 is 22.4 Å². The summed E-state index contributed by atoms with van der Waals surface area (Å²) in [6.07, 6.45) is 1.35. The first kappa shape index (κ1) is 28.0. The molecule has 1 unspecified atom stereocenters. The first-order valence-corrected chi connectivity index (χ1v) is 11.7. The lowest BCUT2D eigenvalue weighted by molar-refractivity contribution is 0.0175. The van der Waals surface area contributed by atoms with Crippen molar-refractivity contribution in [3.63, 3.8) is 0 Å². The smallest absolute Gasteiger partial charge is 0.0900 e. The summed E-state index contributed by atoms with van der Waals surface area (Å²) in [5.74, 6) is 0.630. The second kappa shape index (κ2) is 19.0. The fourth-order valence-corrected chi connectivity index (χ4v) is 4.06. The zero-order valence-corrected chi connectivity index (χ0v) is 19.1. The Hall–Kier alpha value is -0.0100. The zero-order valence-electron chi connectivity index (χ0n) is 18.3. The van der Waals surface area contributed by atoms with E-state index in [4.69, 9.17) is 23.0 Å². The minimum atomic E-state index is -1.93. The van der Waals surface area contributed by atoms with Gasteiger partial charge in [-0.15, -0.1) is 0 Å². The van der Waals surface area contributed by atoms with Gasteiger partial charge in [-0.2, -0.15) is 0 Å². The third kappa shape index (κ3) is 14.0. The van der Waals surface area contributed by atoms with Gasteiger partial charge in [0.05, 0.1) is 44.9 Å². The molecule has 28 heavy (non-hydrogen) atoms. The van der Waals surface area contributed by atoms with E-state index in [0.717, 1.165) is 52.1 Å². The Morgan fingerprint density at radius 3 is 2.21 bits per heavy atom. The van der Waals surface area contributed by atoms with Crippen LogP contribution in [0.15, 0.2) is 0 Å². The quantitative estimate of drug-likeness (QED) is 0.189. The monoisotopic (exact) mass is 428 g/mol. The average Bonchev–Trinajstić information content (AvgIpc) is 2.70. The van der Waals surface area contributed by atoms with Crippen LogP contribution in [0.2, 0.25) is 0 Å². The molecule has 0 saturated heterocycles. The van der Waals surface area contributed by atoms with Crippen LogP contribution in [-0.2, 0) is 17.3 Å². The van der Waals surface area contributed by atoms with Crippen molar-refractivity contribution >= 4 is 10.9 Å². The summed E-state index contributed by atoms with van der Waals surface area (Å²) in [6, 6.07) is 0. The molecule has 0 rings (SSSR count). The topological polar surface area (TPSA) is 110 Å². The Kier molecular flexibility index (Phi) is 19.0. The SMILES string of the molecule is CCCNCCNCCN(CCN)CC(O)COCCCS(OC)(OC)OC. The van der Waals surface area contributed by atoms with Crippen LogP contribution in [0.4, 0.5) is 0 Å². The van der Waals surface area contributed by atoms with Crippen molar-refractivity contribution in [2.75, 3.05) is 92.7 Å². The number of aliphatic hydroxyl groups excluding tert-OH is 1. The Bertz CT molecular complexity index is 333. The molecule has 5 N–H and O–H groups in total. The third-order valence-corrected chi connectivity index (χ3v) is 6.49. The maximum absolute atomic E-state index is 10.2. The standard InChI is InChI=1S/C18H44N4O5S/c1-5-8-20-9-10-21-11-13-22(12-7-19)16-18(23)17-27-14-6-15-28(24-2,25-3)26-4/h18,20-21,23H,5-17,19H2,1-4H3. The van der Waals surface area contributed by atoms with E-state index >= 15 is 0 Å². The number of aliphatic hydroxyl groups is 1. The molecule has 0 aliphatic carbocycles. The van der Waals surface area contributed by atoms with Gasteiger partial charge < -0.3 is 26.2 Å². The lowest BCUT2D eigenvalue weighted by atomic mass is 10.3. The highest BCUT2D eigenvalue weighted by atomic mass is 32.3. The fourth-order valence-electron chi connectivity index (χ4n) is 2.68. The molecule has 0 fully saturated rings. The Morgan fingerprint density at radius 2 is 1.64 bits per heavy atom. The highest BCUT2D eigenvalue weighted by Gasteiger charge is 2.22. The first-order chi connectivity index (χ1) is 13.6. The summed E-state index contributed by atoms with van der Waals surface area (Å²) >= 11 is 0. The van der Waals surface area contributed by atoms with Gasteiger partial charge in [-0.25, -0.2) is 0 Å². The molecule has 9 nitrogen and oxygen atoms in total. The minimum absolute atomic E-state index is 0.296. The summed E-state index contributed by atoms with van der Waals surface area (Å²) in [5, 5.41) is 17.0. The van der Waals surface area contributed by atoms with E-state index in [1.807, 2.05) is 0 Å². The largest absolute Gasteiger partial charge is 0.389 e. The van der Waals surface area contributed by atoms with Crippen molar-refractivity contribution in [3.05, 3.63) is 0 Å². The fraction of sp³-hybridized carbons (Fsp3) is 1.00. The molecular formula is C18H44N4O5S. The predicted octanol–water partition coefficient (Wildman–Crippen LogP) is 0.0927. The minimum Gasteiger partial charge on any atom is -0.389 e. The Labute approximate surface area is 173 Å². The molecule has 0 saturated carbocycles. The van der Waals surface area contributed by atoms with Gasteiger partial charge >= 0.3 is 0 Å². The summed E-state index contributed by atoms with van der Waals surface area (Å²) in [4.78, 5) is 2.16. The van der Waals surface area contributed by atoms with Crippen molar-refractivity contribution in [1.29, 1.82) is 0 Å². The number of nitrogens with zero attached hydrogens (tertiary/aromatic N) is 1. The highest BCUT2D eigenvalue weighted by molar-refractivity contribution is 8.21. The lowest BCUT2D eigenvalue weighted by Gasteiger charge is -2.33. The second-order valence-electron chi connectivity index (χ2n) is 6.43. The number of nitrogens with two attached hydrogens (primary N) is 1. The maximum atomic E-state index is 10.2. The number of rotatable bonds is 21. The third-order valence-electron chi connectivity index (χ3n) is 4.18. The predicted molar refractivity (Wildman–Crippen MR) is 116 cm³/mol. The van der Waals surface area contributed by atoms with Gasteiger partial charge in [0.1, 0.15) is 0 Å². The van der Waals surface area contributed by atoms with E-state index in [2.05, 4.69) is 22.5 Å². The molecule has 0 aliphatic rings. The molecule has 0 radical (unpaired) electrons. The van der Waals surface area contributed by atoms with Gasteiger partial charge in [0.2, 0.25) is 0 Å². The van der Waals surface area contributed by atoms with Crippen LogP contribution in [0.5, 0.6) is 0 Å². The molecule has 0 aromatic heterocycles. The lowest BCUT2D eigenvalue weighted by Crippen LogP contribution is -2.42. The highest BCUT2D eigenvalue weighted by Crippen LogP contribution is 2.49. The summed E-state index contributed by atoms with van der Waals surface area (Å²) in [5.41, 5.74) is 5.69. The van der Waals surface area contributed by atoms with E-state index in [1.165, 1.54) is 0 Å². The van der Waals surface area contributed by atoms with Crippen molar-refractivity contribution in [2.45, 2.75) is 25.9 Å². The van der Waals surface area contributed by atoms with E-state index < -0.39 is 17.0 Å². The van der Waals surface area contributed by atoms with Crippen LogP contribution in [-0.4, -0.2) is 109 Å². The van der Waals surface area contributed by atoms with E-state index in [-0.39, 0.29) is 0 Å². The molecule has 0 aliphatic heterocycles. The molecule has 10 heteroatoms. The molecule has 172 valence electrons. The van der Waals surface area contributed by atoms with Crippen LogP contribution < -0.4 is 16.4 Å². The Balaban J connectivity index is 3.89. The second-order valence-corrected chi connectivity index (χ2v) is 8.96. The molecule has 0 heterocycles. The van der Waals surface area contributed by atoms with E-state index in [9.17, 15) is 5.11 Å². The summed E-state index contributed by atoms with van der Waals surface area (Å²) in [6.45, 7) is 9.54. The molecule has 0 aromatic rings. The van der Waals surface area contributed by atoms with Crippen LogP contribution in [0, 0.1) is 0 Å². The maximum Gasteiger partial charge on any atom is 0.0900 e. The first-order valence-electron chi connectivity index (χ1n) is 10.1. The number of hydrogen-bond acceptors (Lipinski definition) is 9. The molecule has 0 bridgehead atoms. The summed E-state index contributed by atoms with van der Waals surface area (Å²) < 4.78 is 21.6. The number of hydrogen-bond donors (Lipinski definition) is 4. The van der Waals surface area contributed by atoms with Gasteiger partial charge in [-0.1, -0.05) is 6.92 Å². The molecule has 0 amide bonds. The molecule has 0 spiro atoms. The zero-order chi connectivity index (χ0) is 21.1. The van der Waals surface area contributed by atoms with Crippen molar-refractivity contribution in [2.24, 2.45) is 5.73 Å². The van der Waals surface area contributed by atoms with Crippen molar-refractivity contribution in [3.8, 4) is 0 Å². The van der Waals surface area contributed by atoms with Gasteiger partial charge in [0.15, 0.2) is 0 Å². The van der Waals surface area contributed by atoms with Gasteiger partial charge in [0.25, 0.3) is 0 Å². The molecule has 1 atom stereocenters. The van der Waals surface area contributed by atoms with Crippen LogP contribution in [0.25, 0.3) is 0 Å². The van der Waals surface area contributed by atoms with E-state index in [0.29, 0.717) is 32.1 Å². The van der Waals surface area contributed by atoms with E-state index in [1.54, 1.807) is 21.3 Å². The van der Waals surface area contributed by atoms with Crippen LogP contribution >= 0.6 is 10.9 Å². The average molecular weight is 429 g/mol. The summed E-state index contributed by atoms with van der Waals surface area (Å²) in [7, 11) is 2.80. The van der Waals surface area contributed by atoms with Gasteiger partial charge in [-0.05, 0) is 19.4 Å². The number of nitrogens with one attached hydrogen (secondary N) is 2. The van der Waals surface area contributed by atoms with Gasteiger partial charge in [0, 0.05) is 58.2 Å². The molecular weight excluding hydrogens is 384 g/mol. The van der Waals surface area contributed by atoms with Gasteiger partial charge in [-0.3, -0.25) is 17.4 Å². The Morgan fingerprint density at radius 1 is 1.00 bits per heavy atom. The molecule has 0 aromatic carbocycles. The van der Waals surface area contributed by atoms with Crippen molar-refractivity contribution in [1.82, 2.24) is 15.5 Å². The normalized spacial score (nSPS) is 14.0. The van der Waals surface area contributed by atoms with Crippen LogP contribution in [0.1, 0.15) is 19.8 Å².